The van der Waals surface area contributed by atoms with E-state index in [4.69, 9.17) is 27.4 Å². The van der Waals surface area contributed by atoms with Crippen LogP contribution in [0.3, 0.4) is 0 Å². The molecule has 5 heteroatoms. The molecule has 0 aliphatic rings. The largest absolute Gasteiger partial charge is 0.393 e. The lowest BCUT2D eigenvalue weighted by molar-refractivity contribution is 0.0813. The molecule has 0 amide bonds. The predicted octanol–water partition coefficient (Wildman–Crippen LogP) is 2.45. The molecule has 0 fully saturated rings. The Balaban J connectivity index is 4.03. The van der Waals surface area contributed by atoms with E-state index in [0.29, 0.717) is 4.99 Å². The molecule has 0 aliphatic carbocycles. The van der Waals surface area contributed by atoms with Gasteiger partial charge in [-0.25, -0.2) is 0 Å². The van der Waals surface area contributed by atoms with Crippen molar-refractivity contribution in [2.24, 2.45) is 11.1 Å². The average molecular weight is 305 g/mol. The minimum atomic E-state index is -0.0547. The van der Waals surface area contributed by atoms with Gasteiger partial charge in [-0.3, -0.25) is 4.90 Å². The molecule has 0 heterocycles. The molecule has 0 saturated carbocycles. The molecule has 0 unspecified atom stereocenters. The summed E-state index contributed by atoms with van der Waals surface area (Å²) in [6.07, 6.45) is 2.10. The first kappa shape index (κ1) is 19.8. The Labute approximate surface area is 130 Å². The molecule has 0 aliphatic heterocycles. The Hall–Kier alpha value is -0.230. The van der Waals surface area contributed by atoms with Crippen LogP contribution < -0.4 is 5.73 Å². The molecular weight excluding hydrogens is 272 g/mol. The fourth-order valence-corrected chi connectivity index (χ4v) is 1.98. The molecule has 4 nitrogen and oxygen atoms in total. The maximum absolute atomic E-state index is 5.76. The third-order valence-electron chi connectivity index (χ3n) is 3.46. The third kappa shape index (κ3) is 9.64. The number of hydrogen-bond acceptors (Lipinski definition) is 4. The van der Waals surface area contributed by atoms with Crippen molar-refractivity contribution in [2.75, 3.05) is 46.1 Å². The summed E-state index contributed by atoms with van der Waals surface area (Å²) in [6, 6.07) is 0. The highest BCUT2D eigenvalue weighted by Gasteiger charge is 2.21. The molecule has 0 aromatic carbocycles. The first-order valence-electron chi connectivity index (χ1n) is 7.61. The first-order chi connectivity index (χ1) is 9.44. The number of nitrogens with two attached hydrogens (primary N) is 1. The van der Waals surface area contributed by atoms with Crippen molar-refractivity contribution < 1.29 is 9.47 Å². The van der Waals surface area contributed by atoms with Crippen LogP contribution in [0.1, 0.15) is 40.5 Å². The second-order valence-corrected chi connectivity index (χ2v) is 6.03. The first-order valence-corrected chi connectivity index (χ1v) is 8.02. The fourth-order valence-electron chi connectivity index (χ4n) is 1.88. The smallest absolute Gasteiger partial charge is 0.0784 e. The zero-order valence-corrected chi connectivity index (χ0v) is 14.4. The summed E-state index contributed by atoms with van der Waals surface area (Å²) in [5.41, 5.74) is 5.71. The van der Waals surface area contributed by atoms with Gasteiger partial charge in [0.05, 0.1) is 18.2 Å². The van der Waals surface area contributed by atoms with E-state index in [2.05, 4.69) is 18.7 Å². The maximum atomic E-state index is 5.76. The van der Waals surface area contributed by atoms with Gasteiger partial charge in [0, 0.05) is 31.7 Å². The van der Waals surface area contributed by atoms with E-state index in [9.17, 15) is 0 Å². The predicted molar refractivity (Wildman–Crippen MR) is 89.2 cm³/mol. The fraction of sp³-hybridized carbons (Fsp3) is 0.933. The summed E-state index contributed by atoms with van der Waals surface area (Å²) < 4.78 is 10.9. The van der Waals surface area contributed by atoms with Crippen molar-refractivity contribution in [2.45, 2.75) is 40.5 Å². The summed E-state index contributed by atoms with van der Waals surface area (Å²) in [4.78, 5) is 2.99. The standard InChI is InChI=1S/C15H32N2O2S/c1-5-18-12-10-17(11-13-19-6-2)9-7-8-15(3,4)14(16)20/h5-13H2,1-4H3,(H2,16,20). The lowest BCUT2D eigenvalue weighted by atomic mass is 9.88. The highest BCUT2D eigenvalue weighted by molar-refractivity contribution is 7.80. The van der Waals surface area contributed by atoms with Crippen molar-refractivity contribution in [3.8, 4) is 0 Å². The number of nitrogens with zero attached hydrogens (tertiary/aromatic N) is 1. The maximum Gasteiger partial charge on any atom is 0.0784 e. The van der Waals surface area contributed by atoms with Crippen LogP contribution in [0.25, 0.3) is 0 Å². The van der Waals surface area contributed by atoms with Gasteiger partial charge in [0.25, 0.3) is 0 Å². The quantitative estimate of drug-likeness (QED) is 0.418. The van der Waals surface area contributed by atoms with Gasteiger partial charge in [0.2, 0.25) is 0 Å². The third-order valence-corrected chi connectivity index (χ3v) is 4.01. The van der Waals surface area contributed by atoms with Gasteiger partial charge in [-0.15, -0.1) is 0 Å². The van der Waals surface area contributed by atoms with Crippen molar-refractivity contribution in [3.05, 3.63) is 0 Å². The van der Waals surface area contributed by atoms with Crippen LogP contribution in [0.4, 0.5) is 0 Å². The van der Waals surface area contributed by atoms with Crippen LogP contribution in [-0.2, 0) is 9.47 Å². The Morgan fingerprint density at radius 2 is 1.55 bits per heavy atom. The van der Waals surface area contributed by atoms with E-state index in [1.807, 2.05) is 13.8 Å². The number of ether oxygens (including phenoxy) is 2. The molecule has 20 heavy (non-hydrogen) atoms. The van der Waals surface area contributed by atoms with Crippen LogP contribution in [0.2, 0.25) is 0 Å². The summed E-state index contributed by atoms with van der Waals surface area (Å²) in [6.45, 7) is 14.3. The minimum Gasteiger partial charge on any atom is -0.393 e. The molecule has 0 saturated heterocycles. The molecule has 0 aromatic heterocycles. The molecule has 0 aromatic rings. The molecule has 0 atom stereocenters. The van der Waals surface area contributed by atoms with Crippen molar-refractivity contribution in [1.29, 1.82) is 0 Å². The monoisotopic (exact) mass is 304 g/mol. The summed E-state index contributed by atoms with van der Waals surface area (Å²) in [5, 5.41) is 0. The zero-order valence-electron chi connectivity index (χ0n) is 13.6. The molecule has 0 bridgehead atoms. The molecule has 120 valence electrons. The number of hydrogen-bond donors (Lipinski definition) is 1. The highest BCUT2D eigenvalue weighted by Crippen LogP contribution is 2.22. The van der Waals surface area contributed by atoms with Crippen molar-refractivity contribution in [1.82, 2.24) is 4.90 Å². The van der Waals surface area contributed by atoms with Crippen molar-refractivity contribution >= 4 is 17.2 Å². The Kier molecular flexibility index (Phi) is 11.3. The molecule has 0 spiro atoms. The van der Waals surface area contributed by atoms with E-state index in [1.165, 1.54) is 0 Å². The van der Waals surface area contributed by atoms with Crippen LogP contribution in [0.5, 0.6) is 0 Å². The lowest BCUT2D eigenvalue weighted by Gasteiger charge is -2.26. The molecule has 0 rings (SSSR count). The number of rotatable bonds is 13. The zero-order chi connectivity index (χ0) is 15.4. The van der Waals surface area contributed by atoms with E-state index in [1.54, 1.807) is 0 Å². The van der Waals surface area contributed by atoms with E-state index < -0.39 is 0 Å². The highest BCUT2D eigenvalue weighted by atomic mass is 32.1. The summed E-state index contributed by atoms with van der Waals surface area (Å²) in [7, 11) is 0. The van der Waals surface area contributed by atoms with Crippen LogP contribution >= 0.6 is 12.2 Å². The van der Waals surface area contributed by atoms with E-state index in [0.717, 1.165) is 58.9 Å². The van der Waals surface area contributed by atoms with Gasteiger partial charge in [0.15, 0.2) is 0 Å². The van der Waals surface area contributed by atoms with Crippen molar-refractivity contribution in [3.63, 3.8) is 0 Å². The average Bonchev–Trinajstić information content (AvgIpc) is 2.38. The molecule has 0 radical (unpaired) electrons. The minimum absolute atomic E-state index is 0.0547. The summed E-state index contributed by atoms with van der Waals surface area (Å²) >= 11 is 5.11. The molecular formula is C15H32N2O2S. The molecule has 2 N–H and O–H groups in total. The topological polar surface area (TPSA) is 47.7 Å². The lowest BCUT2D eigenvalue weighted by Crippen LogP contribution is -2.34. The van der Waals surface area contributed by atoms with Crippen LogP contribution in [0.15, 0.2) is 0 Å². The second kappa shape index (κ2) is 11.4. The van der Waals surface area contributed by atoms with Gasteiger partial charge < -0.3 is 15.2 Å². The Morgan fingerprint density at radius 3 is 1.95 bits per heavy atom. The van der Waals surface area contributed by atoms with E-state index in [-0.39, 0.29) is 5.41 Å². The number of thiocarbonyl (C=S) groups is 1. The SMILES string of the molecule is CCOCCN(CCCC(C)(C)C(N)=S)CCOCC. The normalized spacial score (nSPS) is 12.1. The van der Waals surface area contributed by atoms with Crippen LogP contribution in [-0.4, -0.2) is 56.0 Å². The van der Waals surface area contributed by atoms with Crippen LogP contribution in [0, 0.1) is 5.41 Å². The van der Waals surface area contributed by atoms with Gasteiger partial charge in [-0.2, -0.15) is 0 Å². The van der Waals surface area contributed by atoms with Gasteiger partial charge in [-0.05, 0) is 33.2 Å². The van der Waals surface area contributed by atoms with Gasteiger partial charge >= 0.3 is 0 Å². The van der Waals surface area contributed by atoms with E-state index >= 15 is 0 Å². The Bertz CT molecular complexity index is 250. The van der Waals surface area contributed by atoms with Gasteiger partial charge in [0.1, 0.15) is 0 Å². The summed E-state index contributed by atoms with van der Waals surface area (Å²) in [5.74, 6) is 0. The van der Waals surface area contributed by atoms with Gasteiger partial charge in [-0.1, -0.05) is 26.1 Å². The second-order valence-electron chi connectivity index (χ2n) is 5.59. The Morgan fingerprint density at radius 1 is 1.05 bits per heavy atom.